The van der Waals surface area contributed by atoms with Crippen molar-refractivity contribution in [1.82, 2.24) is 4.98 Å². The largest absolute Gasteiger partial charge is 0.397 e. The van der Waals surface area contributed by atoms with Crippen molar-refractivity contribution in [2.24, 2.45) is 5.73 Å². The predicted octanol–water partition coefficient (Wildman–Crippen LogP) is 0.624. The van der Waals surface area contributed by atoms with E-state index in [-0.39, 0.29) is 6.04 Å². The van der Waals surface area contributed by atoms with E-state index in [2.05, 4.69) is 4.98 Å². The van der Waals surface area contributed by atoms with E-state index in [1.165, 1.54) is 6.20 Å². The van der Waals surface area contributed by atoms with E-state index in [1.807, 2.05) is 18.7 Å². The highest BCUT2D eigenvalue weighted by atomic mass is 16.5. The number of nitrogens with two attached hydrogens (primary N) is 2. The first kappa shape index (κ1) is 14.2. The Kier molecular flexibility index (Phi) is 4.91. The fourth-order valence-electron chi connectivity index (χ4n) is 1.68. The van der Waals surface area contributed by atoms with E-state index in [4.69, 9.17) is 16.2 Å². The number of nitrogen functional groups attached to an aromatic ring is 1. The Balaban J connectivity index is 3.14. The van der Waals surface area contributed by atoms with E-state index in [1.54, 1.807) is 13.2 Å². The molecule has 1 heterocycles. The smallest absolute Gasteiger partial charge is 0.252 e. The van der Waals surface area contributed by atoms with Crippen molar-refractivity contribution in [3.63, 3.8) is 0 Å². The van der Waals surface area contributed by atoms with Crippen LogP contribution in [0.25, 0.3) is 0 Å². The van der Waals surface area contributed by atoms with Gasteiger partial charge in [-0.1, -0.05) is 0 Å². The molecule has 0 radical (unpaired) electrons. The van der Waals surface area contributed by atoms with Gasteiger partial charge < -0.3 is 21.1 Å². The summed E-state index contributed by atoms with van der Waals surface area (Å²) in [6, 6.07) is 1.72. The normalized spacial score (nSPS) is 10.7. The van der Waals surface area contributed by atoms with Gasteiger partial charge in [-0.3, -0.25) is 4.79 Å². The lowest BCUT2D eigenvalue weighted by atomic mass is 10.2. The Hall–Kier alpha value is -1.82. The maximum atomic E-state index is 11.4. The summed E-state index contributed by atoms with van der Waals surface area (Å²) in [6.07, 6.45) is 1.52. The highest BCUT2D eigenvalue weighted by Gasteiger charge is 2.19. The summed E-state index contributed by atoms with van der Waals surface area (Å²) in [5, 5.41) is 0. The lowest BCUT2D eigenvalue weighted by Gasteiger charge is -2.28. The number of hydrogen-bond acceptors (Lipinski definition) is 5. The van der Waals surface area contributed by atoms with Crippen molar-refractivity contribution in [1.29, 1.82) is 0 Å². The number of aromatic nitrogens is 1. The second-order valence-corrected chi connectivity index (χ2v) is 4.28. The van der Waals surface area contributed by atoms with Crippen LogP contribution in [0.4, 0.5) is 11.5 Å². The van der Waals surface area contributed by atoms with Gasteiger partial charge in [0.05, 0.1) is 24.1 Å². The van der Waals surface area contributed by atoms with Gasteiger partial charge in [0.2, 0.25) is 0 Å². The molecule has 0 aliphatic carbocycles. The van der Waals surface area contributed by atoms with Gasteiger partial charge in [0, 0.05) is 19.7 Å². The van der Waals surface area contributed by atoms with Gasteiger partial charge in [0.15, 0.2) is 0 Å². The van der Waals surface area contributed by atoms with Crippen LogP contribution in [0.5, 0.6) is 0 Å². The molecule has 100 valence electrons. The fourth-order valence-corrected chi connectivity index (χ4v) is 1.68. The van der Waals surface area contributed by atoms with Crippen LogP contribution in [0.15, 0.2) is 12.3 Å². The first-order chi connectivity index (χ1) is 8.47. The molecule has 0 saturated heterocycles. The molecule has 1 aromatic heterocycles. The molecule has 0 atom stereocenters. The second-order valence-electron chi connectivity index (χ2n) is 4.28. The van der Waals surface area contributed by atoms with Crippen LogP contribution in [0.1, 0.15) is 24.2 Å². The molecule has 0 aliphatic rings. The third kappa shape index (κ3) is 3.33. The molecule has 0 aromatic carbocycles. The van der Waals surface area contributed by atoms with Crippen LogP contribution in [-0.2, 0) is 4.74 Å². The summed E-state index contributed by atoms with van der Waals surface area (Å²) in [5.41, 5.74) is 11.7. The number of carbonyl (C=O) groups excluding carboxylic acids is 1. The predicted molar refractivity (Wildman–Crippen MR) is 71.5 cm³/mol. The zero-order chi connectivity index (χ0) is 13.7. The molecule has 18 heavy (non-hydrogen) atoms. The topological polar surface area (TPSA) is 94.5 Å². The number of amides is 1. The Morgan fingerprint density at radius 1 is 1.56 bits per heavy atom. The molecule has 4 N–H and O–H groups in total. The number of hydrogen-bond donors (Lipinski definition) is 2. The molecule has 6 nitrogen and oxygen atoms in total. The lowest BCUT2D eigenvalue weighted by molar-refractivity contribution is 0.1000. The van der Waals surface area contributed by atoms with Crippen molar-refractivity contribution in [3.05, 3.63) is 17.8 Å². The summed E-state index contributed by atoms with van der Waals surface area (Å²) < 4.78 is 5.06. The first-order valence-electron chi connectivity index (χ1n) is 5.78. The average molecular weight is 252 g/mol. The molecule has 1 aromatic rings. The number of ether oxygens (including phenoxy) is 1. The Morgan fingerprint density at radius 2 is 2.22 bits per heavy atom. The number of primary amides is 1. The molecule has 0 bridgehead atoms. The van der Waals surface area contributed by atoms with Gasteiger partial charge in [-0.2, -0.15) is 0 Å². The summed E-state index contributed by atoms with van der Waals surface area (Å²) in [5.74, 6) is 0.0108. The van der Waals surface area contributed by atoms with Gasteiger partial charge in [-0.05, 0) is 19.9 Å². The van der Waals surface area contributed by atoms with Crippen LogP contribution in [0, 0.1) is 0 Å². The van der Waals surface area contributed by atoms with Crippen LogP contribution in [0.3, 0.4) is 0 Å². The molecule has 0 fully saturated rings. The number of rotatable bonds is 6. The van der Waals surface area contributed by atoms with Crippen LogP contribution in [-0.4, -0.2) is 37.2 Å². The minimum atomic E-state index is -0.534. The number of nitrogens with zero attached hydrogens (tertiary/aromatic N) is 2. The van der Waals surface area contributed by atoms with Crippen LogP contribution >= 0.6 is 0 Å². The monoisotopic (exact) mass is 252 g/mol. The van der Waals surface area contributed by atoms with Gasteiger partial charge >= 0.3 is 0 Å². The summed E-state index contributed by atoms with van der Waals surface area (Å²) in [6.45, 7) is 5.20. The third-order valence-electron chi connectivity index (χ3n) is 2.58. The maximum absolute atomic E-state index is 11.4. The van der Waals surface area contributed by atoms with E-state index >= 15 is 0 Å². The summed E-state index contributed by atoms with van der Waals surface area (Å²) in [4.78, 5) is 17.6. The van der Waals surface area contributed by atoms with Crippen molar-refractivity contribution in [2.45, 2.75) is 19.9 Å². The highest BCUT2D eigenvalue weighted by molar-refractivity contribution is 5.98. The average Bonchev–Trinajstić information content (AvgIpc) is 2.30. The minimum absolute atomic E-state index is 0.175. The molecule has 6 heteroatoms. The third-order valence-corrected chi connectivity index (χ3v) is 2.58. The maximum Gasteiger partial charge on any atom is 0.252 e. The quantitative estimate of drug-likeness (QED) is 0.774. The SMILES string of the molecule is COCCN(c1ncc(N)cc1C(N)=O)C(C)C. The van der Waals surface area contributed by atoms with E-state index in [0.29, 0.717) is 30.2 Å². The molecular weight excluding hydrogens is 232 g/mol. The second kappa shape index (κ2) is 6.20. The standard InChI is InChI=1S/C12H20N4O2/c1-8(2)16(4-5-18-3)12-10(11(14)17)6-9(13)7-15-12/h6-8H,4-5,13H2,1-3H3,(H2,14,17). The van der Waals surface area contributed by atoms with Gasteiger partial charge in [0.1, 0.15) is 5.82 Å². The van der Waals surface area contributed by atoms with E-state index in [9.17, 15) is 4.79 Å². The van der Waals surface area contributed by atoms with Crippen molar-refractivity contribution >= 4 is 17.4 Å². The van der Waals surface area contributed by atoms with E-state index in [0.717, 1.165) is 0 Å². The molecule has 1 amide bonds. The summed E-state index contributed by atoms with van der Waals surface area (Å²) in [7, 11) is 1.63. The molecule has 1 rings (SSSR count). The first-order valence-corrected chi connectivity index (χ1v) is 5.78. The molecule has 0 unspecified atom stereocenters. The minimum Gasteiger partial charge on any atom is -0.397 e. The van der Waals surface area contributed by atoms with Crippen LogP contribution < -0.4 is 16.4 Å². The Bertz CT molecular complexity index is 421. The van der Waals surface area contributed by atoms with Gasteiger partial charge in [-0.25, -0.2) is 4.98 Å². The number of pyridine rings is 1. The number of anilines is 2. The van der Waals surface area contributed by atoms with Gasteiger partial charge in [-0.15, -0.1) is 0 Å². The van der Waals surface area contributed by atoms with Gasteiger partial charge in [0.25, 0.3) is 5.91 Å². The lowest BCUT2D eigenvalue weighted by Crippen LogP contribution is -2.36. The zero-order valence-electron chi connectivity index (χ0n) is 11.0. The van der Waals surface area contributed by atoms with Crippen molar-refractivity contribution in [3.8, 4) is 0 Å². The molecule has 0 saturated carbocycles. The molecular formula is C12H20N4O2. The van der Waals surface area contributed by atoms with Crippen molar-refractivity contribution in [2.75, 3.05) is 30.9 Å². The van der Waals surface area contributed by atoms with Crippen LogP contribution in [0.2, 0.25) is 0 Å². The Labute approximate surface area is 107 Å². The Morgan fingerprint density at radius 3 is 2.72 bits per heavy atom. The number of carbonyl (C=O) groups is 1. The van der Waals surface area contributed by atoms with Crippen molar-refractivity contribution < 1.29 is 9.53 Å². The molecule has 0 spiro atoms. The zero-order valence-corrected chi connectivity index (χ0v) is 11.0. The molecule has 0 aliphatic heterocycles. The fraction of sp³-hybridized carbons (Fsp3) is 0.500. The van der Waals surface area contributed by atoms with E-state index < -0.39 is 5.91 Å². The summed E-state index contributed by atoms with van der Waals surface area (Å²) >= 11 is 0. The highest BCUT2D eigenvalue weighted by Crippen LogP contribution is 2.21. The number of methoxy groups -OCH3 is 1.